The summed E-state index contributed by atoms with van der Waals surface area (Å²) in [7, 11) is 0. The summed E-state index contributed by atoms with van der Waals surface area (Å²) >= 11 is 0. The Labute approximate surface area is 86.0 Å². The molecule has 0 N–H and O–H groups in total. The largest absolute Gasteiger partial charge is 0.335 e. The number of amides is 1. The molecule has 2 saturated heterocycles. The molecule has 2 unspecified atom stereocenters. The Balaban J connectivity index is 2.29. The van der Waals surface area contributed by atoms with Crippen LogP contribution in [0.3, 0.4) is 0 Å². The first-order chi connectivity index (χ1) is 6.65. The van der Waals surface area contributed by atoms with Crippen molar-refractivity contribution in [2.45, 2.75) is 46.1 Å². The van der Waals surface area contributed by atoms with Gasteiger partial charge < -0.3 is 4.90 Å². The summed E-state index contributed by atoms with van der Waals surface area (Å²) in [5.41, 5.74) is 2.93. The molecule has 2 rings (SSSR count). The fourth-order valence-electron chi connectivity index (χ4n) is 2.96. The molecule has 0 aromatic rings. The maximum atomic E-state index is 11.6. The lowest BCUT2D eigenvalue weighted by Gasteiger charge is -2.18. The minimum absolute atomic E-state index is 0.365. The molecule has 0 saturated carbocycles. The van der Waals surface area contributed by atoms with E-state index in [2.05, 4.69) is 25.7 Å². The Bertz CT molecular complexity index is 289. The van der Waals surface area contributed by atoms with E-state index in [4.69, 9.17) is 0 Å². The fraction of sp³-hybridized carbons (Fsp3) is 0.750. The first-order valence-corrected chi connectivity index (χ1v) is 5.60. The van der Waals surface area contributed by atoms with E-state index in [0.29, 0.717) is 17.9 Å². The maximum absolute atomic E-state index is 11.6. The van der Waals surface area contributed by atoms with Gasteiger partial charge in [0.05, 0.1) is 0 Å². The molecule has 14 heavy (non-hydrogen) atoms. The third-order valence-electron chi connectivity index (χ3n) is 3.71. The van der Waals surface area contributed by atoms with E-state index in [9.17, 15) is 4.79 Å². The van der Waals surface area contributed by atoms with Crippen molar-refractivity contribution in [1.82, 2.24) is 4.90 Å². The minimum Gasteiger partial charge on any atom is -0.335 e. The van der Waals surface area contributed by atoms with Gasteiger partial charge in [0.2, 0.25) is 5.91 Å². The summed E-state index contributed by atoms with van der Waals surface area (Å²) in [6.07, 6.45) is 3.03. The van der Waals surface area contributed by atoms with Crippen molar-refractivity contribution >= 4 is 5.91 Å². The summed E-state index contributed by atoms with van der Waals surface area (Å²) in [6, 6.07) is 0.525. The minimum atomic E-state index is 0.365. The zero-order chi connectivity index (χ0) is 10.3. The predicted molar refractivity (Wildman–Crippen MR) is 56.9 cm³/mol. The first kappa shape index (κ1) is 9.75. The molecule has 2 fully saturated rings. The van der Waals surface area contributed by atoms with Crippen LogP contribution in [0, 0.1) is 5.92 Å². The second kappa shape index (κ2) is 3.41. The monoisotopic (exact) mass is 193 g/mol. The number of rotatable bonds is 1. The number of fused-ring (bicyclic) bond motifs is 1. The first-order valence-electron chi connectivity index (χ1n) is 5.60. The van der Waals surface area contributed by atoms with Crippen LogP contribution < -0.4 is 0 Å². The normalized spacial score (nSPS) is 31.2. The molecule has 0 spiro atoms. The van der Waals surface area contributed by atoms with Gasteiger partial charge >= 0.3 is 0 Å². The van der Waals surface area contributed by atoms with Gasteiger partial charge in [-0.2, -0.15) is 0 Å². The van der Waals surface area contributed by atoms with Crippen LogP contribution in [0.15, 0.2) is 11.1 Å². The van der Waals surface area contributed by atoms with Gasteiger partial charge in [-0.25, -0.2) is 0 Å². The Morgan fingerprint density at radius 3 is 2.79 bits per heavy atom. The van der Waals surface area contributed by atoms with E-state index in [1.165, 1.54) is 17.6 Å². The molecular weight excluding hydrogens is 174 g/mol. The summed E-state index contributed by atoms with van der Waals surface area (Å²) in [5, 5.41) is 0. The van der Waals surface area contributed by atoms with Gasteiger partial charge in [-0.3, -0.25) is 4.79 Å². The van der Waals surface area contributed by atoms with Crippen LogP contribution in [0.1, 0.15) is 40.0 Å². The highest BCUT2D eigenvalue weighted by atomic mass is 16.2. The van der Waals surface area contributed by atoms with E-state index in [-0.39, 0.29) is 0 Å². The fourth-order valence-corrected chi connectivity index (χ4v) is 2.96. The zero-order valence-corrected chi connectivity index (χ0v) is 9.34. The molecule has 0 bridgehead atoms. The topological polar surface area (TPSA) is 20.3 Å². The third-order valence-corrected chi connectivity index (χ3v) is 3.71. The van der Waals surface area contributed by atoms with Crippen LogP contribution in [0.2, 0.25) is 0 Å². The van der Waals surface area contributed by atoms with Crippen molar-refractivity contribution in [2.75, 3.05) is 6.54 Å². The van der Waals surface area contributed by atoms with Crippen molar-refractivity contribution in [2.24, 2.45) is 5.92 Å². The number of hydrogen-bond donors (Lipinski definition) is 0. The number of nitrogens with zero attached hydrogens (tertiary/aromatic N) is 1. The second-order valence-electron chi connectivity index (χ2n) is 4.67. The van der Waals surface area contributed by atoms with E-state index in [0.717, 1.165) is 19.4 Å². The van der Waals surface area contributed by atoms with E-state index in [1.807, 2.05) is 0 Å². The van der Waals surface area contributed by atoms with Crippen LogP contribution in [0.4, 0.5) is 0 Å². The molecule has 0 radical (unpaired) electrons. The summed E-state index contributed by atoms with van der Waals surface area (Å²) in [5.74, 6) is 1.01. The molecule has 0 aromatic heterocycles. The van der Waals surface area contributed by atoms with Crippen molar-refractivity contribution < 1.29 is 4.79 Å². The highest BCUT2D eigenvalue weighted by Crippen LogP contribution is 2.39. The Morgan fingerprint density at radius 1 is 1.50 bits per heavy atom. The number of carbonyl (C=O) groups is 1. The molecule has 2 aliphatic rings. The van der Waals surface area contributed by atoms with Gasteiger partial charge in [-0.1, -0.05) is 12.5 Å². The summed E-state index contributed by atoms with van der Waals surface area (Å²) < 4.78 is 0. The zero-order valence-electron chi connectivity index (χ0n) is 9.34. The smallest absolute Gasteiger partial charge is 0.223 e. The standard InChI is InChI=1S/C12H19NO/c1-4-9-10(8(2)3)7-13-11(9)5-6-12(13)14/h9,11H,4-7H2,1-3H3. The molecule has 2 aliphatic heterocycles. The van der Waals surface area contributed by atoms with E-state index < -0.39 is 0 Å². The highest BCUT2D eigenvalue weighted by Gasteiger charge is 2.43. The predicted octanol–water partition coefficient (Wildman–Crippen LogP) is 2.35. The third kappa shape index (κ3) is 1.28. The van der Waals surface area contributed by atoms with Gasteiger partial charge in [0.15, 0.2) is 0 Å². The molecule has 1 amide bonds. The van der Waals surface area contributed by atoms with Gasteiger partial charge in [0, 0.05) is 24.9 Å². The van der Waals surface area contributed by atoms with Crippen LogP contribution >= 0.6 is 0 Å². The average molecular weight is 193 g/mol. The lowest BCUT2D eigenvalue weighted by atomic mass is 9.89. The van der Waals surface area contributed by atoms with Crippen molar-refractivity contribution in [3.05, 3.63) is 11.1 Å². The van der Waals surface area contributed by atoms with Crippen LogP contribution in [0.5, 0.6) is 0 Å². The summed E-state index contributed by atoms with van der Waals surface area (Å²) in [4.78, 5) is 13.7. The van der Waals surface area contributed by atoms with Gasteiger partial charge in [0.25, 0.3) is 0 Å². The van der Waals surface area contributed by atoms with Gasteiger partial charge in [-0.05, 0) is 32.3 Å². The van der Waals surface area contributed by atoms with Crippen LogP contribution in [-0.2, 0) is 4.79 Å². The van der Waals surface area contributed by atoms with Crippen molar-refractivity contribution in [3.63, 3.8) is 0 Å². The van der Waals surface area contributed by atoms with Gasteiger partial charge in [-0.15, -0.1) is 0 Å². The highest BCUT2D eigenvalue weighted by molar-refractivity contribution is 5.80. The SMILES string of the molecule is CCC1C(=C(C)C)CN2C(=O)CCC12. The average Bonchev–Trinajstić information content (AvgIpc) is 2.66. The number of carbonyl (C=O) groups excluding carboxylic acids is 1. The van der Waals surface area contributed by atoms with E-state index >= 15 is 0 Å². The van der Waals surface area contributed by atoms with Gasteiger partial charge in [0.1, 0.15) is 0 Å². The molecule has 0 aromatic carbocycles. The molecule has 2 heterocycles. The molecule has 0 aliphatic carbocycles. The lowest BCUT2D eigenvalue weighted by molar-refractivity contribution is -0.127. The van der Waals surface area contributed by atoms with Crippen molar-refractivity contribution in [1.29, 1.82) is 0 Å². The number of hydrogen-bond acceptors (Lipinski definition) is 1. The van der Waals surface area contributed by atoms with Crippen LogP contribution in [-0.4, -0.2) is 23.4 Å². The molecular formula is C12H19NO. The van der Waals surface area contributed by atoms with Crippen molar-refractivity contribution in [3.8, 4) is 0 Å². The molecule has 78 valence electrons. The number of allylic oxidation sites excluding steroid dienone is 1. The summed E-state index contributed by atoms with van der Waals surface area (Å²) in [6.45, 7) is 7.49. The quantitative estimate of drug-likeness (QED) is 0.585. The molecule has 2 atom stereocenters. The lowest BCUT2D eigenvalue weighted by Crippen LogP contribution is -2.29. The second-order valence-corrected chi connectivity index (χ2v) is 4.67. The Morgan fingerprint density at radius 2 is 2.21 bits per heavy atom. The maximum Gasteiger partial charge on any atom is 0.223 e. The molecule has 2 nitrogen and oxygen atoms in total. The Kier molecular flexibility index (Phi) is 2.38. The Hall–Kier alpha value is -0.790. The molecule has 2 heteroatoms. The van der Waals surface area contributed by atoms with E-state index in [1.54, 1.807) is 0 Å². The van der Waals surface area contributed by atoms with Crippen LogP contribution in [0.25, 0.3) is 0 Å².